The minimum atomic E-state index is -0.00414. The Balaban J connectivity index is 2.54. The lowest BCUT2D eigenvalue weighted by Gasteiger charge is -2.07. The lowest BCUT2D eigenvalue weighted by Crippen LogP contribution is -2.21. The number of rotatable bonds is 9. The van der Waals surface area contributed by atoms with E-state index in [2.05, 4.69) is 17.2 Å². The fourth-order valence-corrected chi connectivity index (χ4v) is 2.34. The van der Waals surface area contributed by atoms with Crippen molar-refractivity contribution in [2.24, 2.45) is 0 Å². The molecular weight excluding hydrogens is 308 g/mol. The molecule has 124 valence electrons. The fourth-order valence-electron chi connectivity index (χ4n) is 2.10. The number of carbonyl (C=O) groups excluding carboxylic acids is 1. The highest BCUT2D eigenvalue weighted by molar-refractivity contribution is 6.32. The second kappa shape index (κ2) is 10.8. The number of benzene rings is 1. The van der Waals surface area contributed by atoms with Crippen LogP contribution >= 0.6 is 11.6 Å². The van der Waals surface area contributed by atoms with Crippen molar-refractivity contribution in [3.8, 4) is 0 Å². The molecule has 2 N–H and O–H groups in total. The first-order valence-electron chi connectivity index (χ1n) is 7.81. The molecule has 3 nitrogen and oxygen atoms in total. The Hall–Kier alpha value is -1.84. The summed E-state index contributed by atoms with van der Waals surface area (Å²) in [6.45, 7) is 6.75. The van der Waals surface area contributed by atoms with E-state index in [0.29, 0.717) is 17.1 Å². The van der Waals surface area contributed by atoms with Gasteiger partial charge in [0.15, 0.2) is 0 Å². The molecule has 0 aliphatic heterocycles. The monoisotopic (exact) mass is 332 g/mol. The Morgan fingerprint density at radius 1 is 1.26 bits per heavy atom. The molecule has 23 heavy (non-hydrogen) atoms. The van der Waals surface area contributed by atoms with Gasteiger partial charge in [0.25, 0.3) is 0 Å². The van der Waals surface area contributed by atoms with Crippen molar-refractivity contribution >= 4 is 23.1 Å². The van der Waals surface area contributed by atoms with Gasteiger partial charge in [0.05, 0.1) is 0 Å². The normalized spacial score (nSPS) is 11.7. The van der Waals surface area contributed by atoms with E-state index in [1.54, 1.807) is 6.08 Å². The van der Waals surface area contributed by atoms with Crippen LogP contribution in [0.3, 0.4) is 0 Å². The van der Waals surface area contributed by atoms with Gasteiger partial charge >= 0.3 is 0 Å². The molecule has 0 atom stereocenters. The Bertz CT molecular complexity index is 591. The highest BCUT2D eigenvalue weighted by Gasteiger charge is 2.03. The molecule has 0 radical (unpaired) electrons. The minimum absolute atomic E-state index is 0.00414. The maximum atomic E-state index is 11.8. The van der Waals surface area contributed by atoms with Crippen molar-refractivity contribution in [3.63, 3.8) is 0 Å². The molecular formula is C19H25ClN2O. The zero-order chi connectivity index (χ0) is 17.1. The lowest BCUT2D eigenvalue weighted by atomic mass is 10.0. The van der Waals surface area contributed by atoms with Gasteiger partial charge in [0.1, 0.15) is 0 Å². The van der Waals surface area contributed by atoms with Crippen LogP contribution in [-0.2, 0) is 4.79 Å². The summed E-state index contributed by atoms with van der Waals surface area (Å²) in [5.41, 5.74) is 2.52. The number of carbonyl (C=O) groups is 1. The molecule has 0 unspecified atom stereocenters. The summed E-state index contributed by atoms with van der Waals surface area (Å²) >= 11 is 6.21. The number of nitrogens with one attached hydrogen (secondary N) is 2. The molecule has 0 aliphatic rings. The van der Waals surface area contributed by atoms with Crippen molar-refractivity contribution in [2.75, 3.05) is 13.6 Å². The largest absolute Gasteiger partial charge is 0.327 e. The average Bonchev–Trinajstić information content (AvgIpc) is 2.53. The van der Waals surface area contributed by atoms with E-state index in [0.717, 1.165) is 30.5 Å². The van der Waals surface area contributed by atoms with Gasteiger partial charge in [-0.05, 0) is 56.6 Å². The third-order valence-electron chi connectivity index (χ3n) is 3.34. The van der Waals surface area contributed by atoms with Crippen LogP contribution in [0.15, 0.2) is 54.8 Å². The van der Waals surface area contributed by atoms with Gasteiger partial charge < -0.3 is 10.6 Å². The summed E-state index contributed by atoms with van der Waals surface area (Å²) in [6.07, 6.45) is 8.04. The van der Waals surface area contributed by atoms with Gasteiger partial charge in [-0.2, -0.15) is 0 Å². The van der Waals surface area contributed by atoms with Crippen LogP contribution in [0.1, 0.15) is 31.7 Å². The number of hydrogen-bond acceptors (Lipinski definition) is 2. The Labute approximate surface area is 144 Å². The predicted octanol–water partition coefficient (Wildman–Crippen LogP) is 4.32. The molecule has 0 saturated carbocycles. The first kappa shape index (κ1) is 19.2. The smallest absolute Gasteiger partial charge is 0.224 e. The number of unbranched alkanes of at least 4 members (excludes halogenated alkanes) is 1. The van der Waals surface area contributed by atoms with E-state index < -0.39 is 0 Å². The van der Waals surface area contributed by atoms with E-state index in [1.165, 1.54) is 0 Å². The maximum Gasteiger partial charge on any atom is 0.224 e. The van der Waals surface area contributed by atoms with Gasteiger partial charge in [-0.1, -0.05) is 48.5 Å². The van der Waals surface area contributed by atoms with Crippen molar-refractivity contribution in [2.45, 2.75) is 26.2 Å². The molecule has 0 aliphatic carbocycles. The molecule has 1 aromatic rings. The zero-order valence-electron chi connectivity index (χ0n) is 13.9. The molecule has 1 aromatic carbocycles. The van der Waals surface area contributed by atoms with Crippen LogP contribution in [-0.4, -0.2) is 19.5 Å². The average molecular weight is 333 g/mol. The molecule has 0 spiro atoms. The summed E-state index contributed by atoms with van der Waals surface area (Å²) in [4.78, 5) is 11.8. The van der Waals surface area contributed by atoms with E-state index in [-0.39, 0.29) is 5.91 Å². The number of halogens is 1. The summed E-state index contributed by atoms with van der Waals surface area (Å²) in [7, 11) is 1.91. The topological polar surface area (TPSA) is 41.1 Å². The zero-order valence-corrected chi connectivity index (χ0v) is 14.6. The highest BCUT2D eigenvalue weighted by atomic mass is 35.5. The molecule has 0 heterocycles. The molecule has 1 amide bonds. The van der Waals surface area contributed by atoms with Crippen molar-refractivity contribution in [1.82, 2.24) is 10.6 Å². The number of allylic oxidation sites excluding steroid dienone is 4. The van der Waals surface area contributed by atoms with Gasteiger partial charge in [-0.3, -0.25) is 4.79 Å². The van der Waals surface area contributed by atoms with E-state index in [9.17, 15) is 4.79 Å². The van der Waals surface area contributed by atoms with Gasteiger partial charge in [-0.25, -0.2) is 0 Å². The molecule has 0 aromatic heterocycles. The van der Waals surface area contributed by atoms with E-state index in [1.807, 2.05) is 50.4 Å². The van der Waals surface area contributed by atoms with Crippen LogP contribution in [0.25, 0.3) is 5.57 Å². The Morgan fingerprint density at radius 3 is 2.65 bits per heavy atom. The summed E-state index contributed by atoms with van der Waals surface area (Å²) in [6, 6.07) is 7.66. The third-order valence-corrected chi connectivity index (χ3v) is 3.67. The Morgan fingerprint density at radius 2 is 2.00 bits per heavy atom. The lowest BCUT2D eigenvalue weighted by molar-refractivity contribution is -0.120. The third kappa shape index (κ3) is 7.31. The van der Waals surface area contributed by atoms with E-state index in [4.69, 9.17) is 11.6 Å². The van der Waals surface area contributed by atoms with Crippen LogP contribution in [0.5, 0.6) is 0 Å². The molecule has 1 rings (SSSR count). The van der Waals surface area contributed by atoms with Crippen molar-refractivity contribution in [3.05, 3.63) is 65.4 Å². The number of amides is 1. The summed E-state index contributed by atoms with van der Waals surface area (Å²) in [5.74, 6) is -0.00414. The number of hydrogen-bond donors (Lipinski definition) is 2. The molecule has 4 heteroatoms. The summed E-state index contributed by atoms with van der Waals surface area (Å²) in [5, 5.41) is 6.56. The predicted molar refractivity (Wildman–Crippen MR) is 99.3 cm³/mol. The molecule has 0 bridgehead atoms. The second-order valence-electron chi connectivity index (χ2n) is 5.19. The summed E-state index contributed by atoms with van der Waals surface area (Å²) < 4.78 is 0. The first-order valence-corrected chi connectivity index (χ1v) is 8.19. The highest BCUT2D eigenvalue weighted by Crippen LogP contribution is 2.24. The van der Waals surface area contributed by atoms with Crippen LogP contribution in [0.4, 0.5) is 0 Å². The van der Waals surface area contributed by atoms with Gasteiger partial charge in [0, 0.05) is 17.1 Å². The minimum Gasteiger partial charge on any atom is -0.327 e. The van der Waals surface area contributed by atoms with Crippen LogP contribution in [0, 0.1) is 0 Å². The van der Waals surface area contributed by atoms with Crippen LogP contribution in [0.2, 0.25) is 5.02 Å². The standard InChI is InChI=1S/C19H25ClN2O/c1-4-16(17-9-5-6-10-18(17)20)13-12-15(2)22-19(23)11-7-8-14-21-3/h4-6,9-10,12-13,21H,2,7-8,11,14H2,1,3H3,(H,22,23)/b13-12-,16-4+. The SMILES string of the molecule is C=C(/C=C\C(=C/C)c1ccccc1Cl)NC(=O)CCCCNC. The fraction of sp³-hybridized carbons (Fsp3) is 0.316. The van der Waals surface area contributed by atoms with Crippen molar-refractivity contribution < 1.29 is 4.79 Å². The molecule has 0 saturated heterocycles. The molecule has 0 fully saturated rings. The quantitative estimate of drug-likeness (QED) is 0.522. The van der Waals surface area contributed by atoms with Crippen molar-refractivity contribution in [1.29, 1.82) is 0 Å². The van der Waals surface area contributed by atoms with E-state index >= 15 is 0 Å². The van der Waals surface area contributed by atoms with Gasteiger partial charge in [0.2, 0.25) is 5.91 Å². The van der Waals surface area contributed by atoms with Crippen LogP contribution < -0.4 is 10.6 Å². The Kier molecular flexibility index (Phi) is 9.03. The van der Waals surface area contributed by atoms with Gasteiger partial charge in [-0.15, -0.1) is 0 Å². The maximum absolute atomic E-state index is 11.8. The first-order chi connectivity index (χ1) is 11.1. The second-order valence-corrected chi connectivity index (χ2v) is 5.60.